The van der Waals surface area contributed by atoms with E-state index in [9.17, 15) is 9.59 Å². The van der Waals surface area contributed by atoms with Crippen LogP contribution >= 0.6 is 0 Å². The van der Waals surface area contributed by atoms with E-state index in [2.05, 4.69) is 11.4 Å². The van der Waals surface area contributed by atoms with E-state index < -0.39 is 6.04 Å². The van der Waals surface area contributed by atoms with Crippen molar-refractivity contribution in [3.8, 4) is 5.75 Å². The Labute approximate surface area is 209 Å². The molecule has 3 rings (SSSR count). The third-order valence-electron chi connectivity index (χ3n) is 6.34. The maximum atomic E-state index is 13.7. The highest BCUT2D eigenvalue weighted by Gasteiger charge is 2.30. The van der Waals surface area contributed by atoms with E-state index >= 15 is 0 Å². The minimum Gasteiger partial charge on any atom is -0.483 e. The van der Waals surface area contributed by atoms with Crippen molar-refractivity contribution < 1.29 is 14.3 Å². The fraction of sp³-hybridized carbons (Fsp3) is 0.333. The summed E-state index contributed by atoms with van der Waals surface area (Å²) in [5.74, 6) is 0.309. The first-order valence-corrected chi connectivity index (χ1v) is 12.2. The van der Waals surface area contributed by atoms with Crippen molar-refractivity contribution >= 4 is 11.8 Å². The Morgan fingerprint density at radius 1 is 0.914 bits per heavy atom. The highest BCUT2D eigenvalue weighted by atomic mass is 16.5. The monoisotopic (exact) mass is 472 g/mol. The van der Waals surface area contributed by atoms with Crippen molar-refractivity contribution in [1.82, 2.24) is 10.2 Å². The summed E-state index contributed by atoms with van der Waals surface area (Å²) < 4.78 is 6.03. The molecule has 1 unspecified atom stereocenters. The summed E-state index contributed by atoms with van der Waals surface area (Å²) in [6.07, 6.45) is 0.423. The van der Waals surface area contributed by atoms with Crippen LogP contribution in [-0.4, -0.2) is 35.9 Å². The molecule has 0 aliphatic rings. The van der Waals surface area contributed by atoms with Gasteiger partial charge < -0.3 is 15.0 Å². The molecule has 3 aromatic carbocycles. The number of carbonyl (C=O) groups excluding carboxylic acids is 2. The van der Waals surface area contributed by atoms with Gasteiger partial charge in [-0.1, -0.05) is 60.7 Å². The van der Waals surface area contributed by atoms with Crippen LogP contribution in [0.1, 0.15) is 40.3 Å². The van der Waals surface area contributed by atoms with Gasteiger partial charge in [-0.2, -0.15) is 0 Å². The van der Waals surface area contributed by atoms with Crippen LogP contribution in [0.3, 0.4) is 0 Å². The normalized spacial score (nSPS) is 11.6. The molecule has 0 radical (unpaired) electrons. The average Bonchev–Trinajstić information content (AvgIpc) is 2.84. The van der Waals surface area contributed by atoms with Crippen molar-refractivity contribution in [3.63, 3.8) is 0 Å². The van der Waals surface area contributed by atoms with Gasteiger partial charge in [-0.05, 0) is 74.1 Å². The molecular weight excluding hydrogens is 436 g/mol. The molecule has 1 N–H and O–H groups in total. The molecule has 0 saturated carbocycles. The molecule has 5 nitrogen and oxygen atoms in total. The zero-order valence-corrected chi connectivity index (χ0v) is 21.4. The third kappa shape index (κ3) is 6.95. The lowest BCUT2D eigenvalue weighted by atomic mass is 10.0. The minimum atomic E-state index is -0.659. The first kappa shape index (κ1) is 26.0. The molecule has 5 heteroatoms. The lowest BCUT2D eigenvalue weighted by Gasteiger charge is -2.32. The fourth-order valence-electron chi connectivity index (χ4n) is 4.19. The van der Waals surface area contributed by atoms with Gasteiger partial charge in [0.1, 0.15) is 11.8 Å². The van der Waals surface area contributed by atoms with E-state index in [0.717, 1.165) is 33.4 Å². The quantitative estimate of drug-likeness (QED) is 0.448. The Morgan fingerprint density at radius 2 is 1.60 bits per heavy atom. The molecular formula is C30H36N2O3. The first-order valence-electron chi connectivity index (χ1n) is 12.2. The summed E-state index contributed by atoms with van der Waals surface area (Å²) in [4.78, 5) is 28.6. The van der Waals surface area contributed by atoms with Crippen molar-refractivity contribution in [2.75, 3.05) is 13.2 Å². The number of ether oxygens (including phenoxy) is 1. The van der Waals surface area contributed by atoms with Crippen LogP contribution in [0.25, 0.3) is 0 Å². The summed E-state index contributed by atoms with van der Waals surface area (Å²) in [5.41, 5.74) is 6.29. The Morgan fingerprint density at radius 3 is 2.29 bits per heavy atom. The number of nitrogens with zero attached hydrogens (tertiary/aromatic N) is 1. The van der Waals surface area contributed by atoms with Crippen molar-refractivity contribution in [3.05, 3.63) is 100 Å². The number of hydrogen-bond donors (Lipinski definition) is 1. The van der Waals surface area contributed by atoms with Gasteiger partial charge in [0.2, 0.25) is 5.91 Å². The van der Waals surface area contributed by atoms with E-state index in [0.29, 0.717) is 25.3 Å². The molecule has 3 aromatic rings. The van der Waals surface area contributed by atoms with E-state index in [-0.39, 0.29) is 18.4 Å². The van der Waals surface area contributed by atoms with Crippen LogP contribution in [0.5, 0.6) is 5.75 Å². The molecule has 0 heterocycles. The Kier molecular flexibility index (Phi) is 9.07. The summed E-state index contributed by atoms with van der Waals surface area (Å²) in [5, 5.41) is 2.93. The maximum Gasteiger partial charge on any atom is 0.261 e. The number of amides is 2. The topological polar surface area (TPSA) is 58.6 Å². The van der Waals surface area contributed by atoms with Crippen LogP contribution in [0.15, 0.2) is 66.7 Å². The molecule has 0 saturated heterocycles. The van der Waals surface area contributed by atoms with E-state index in [1.807, 2.05) is 95.3 Å². The summed E-state index contributed by atoms with van der Waals surface area (Å²) in [7, 11) is 0. The minimum absolute atomic E-state index is 0.139. The molecule has 1 atom stereocenters. The van der Waals surface area contributed by atoms with Gasteiger partial charge >= 0.3 is 0 Å². The third-order valence-corrected chi connectivity index (χ3v) is 6.34. The number of aryl methyl sites for hydroxylation is 3. The van der Waals surface area contributed by atoms with Crippen LogP contribution in [0.2, 0.25) is 0 Å². The highest BCUT2D eigenvalue weighted by molar-refractivity contribution is 5.88. The summed E-state index contributed by atoms with van der Waals surface area (Å²) >= 11 is 0. The van der Waals surface area contributed by atoms with E-state index in [1.54, 1.807) is 4.90 Å². The maximum absolute atomic E-state index is 13.7. The Balaban J connectivity index is 1.93. The second kappa shape index (κ2) is 12.2. The largest absolute Gasteiger partial charge is 0.483 e. The van der Waals surface area contributed by atoms with Crippen molar-refractivity contribution in [2.24, 2.45) is 0 Å². The van der Waals surface area contributed by atoms with Gasteiger partial charge in [-0.3, -0.25) is 9.59 Å². The van der Waals surface area contributed by atoms with Gasteiger partial charge in [-0.25, -0.2) is 0 Å². The molecule has 35 heavy (non-hydrogen) atoms. The Bertz CT molecular complexity index is 1160. The highest BCUT2D eigenvalue weighted by Crippen LogP contribution is 2.24. The molecule has 184 valence electrons. The number of carbonyl (C=O) groups is 2. The number of benzene rings is 3. The van der Waals surface area contributed by atoms with Gasteiger partial charge in [-0.15, -0.1) is 0 Å². The van der Waals surface area contributed by atoms with Crippen LogP contribution in [0, 0.1) is 27.7 Å². The second-order valence-corrected chi connectivity index (χ2v) is 9.04. The zero-order chi connectivity index (χ0) is 25.4. The lowest BCUT2D eigenvalue weighted by Crippen LogP contribution is -2.51. The smallest absolute Gasteiger partial charge is 0.261 e. The molecule has 0 aromatic heterocycles. The van der Waals surface area contributed by atoms with Crippen molar-refractivity contribution in [2.45, 2.75) is 53.6 Å². The molecule has 0 bridgehead atoms. The van der Waals surface area contributed by atoms with E-state index in [1.165, 1.54) is 0 Å². The molecule has 0 fully saturated rings. The zero-order valence-electron chi connectivity index (χ0n) is 21.4. The van der Waals surface area contributed by atoms with Gasteiger partial charge in [0.25, 0.3) is 5.91 Å². The number of likely N-dealkylation sites (N-methyl/N-ethyl adjacent to an activating group) is 1. The molecule has 0 aliphatic heterocycles. The average molecular weight is 473 g/mol. The lowest BCUT2D eigenvalue weighted by molar-refractivity contribution is -0.142. The first-order chi connectivity index (χ1) is 16.8. The number of nitrogens with one attached hydrogen (secondary N) is 1. The standard InChI is InChI=1S/C30H36N2O3/c1-6-31-30(34)27(18-25-13-8-7-9-14-25)32(19-26-15-11-10-12-22(26)3)29(33)20-35-28-17-21(2)16-23(4)24(28)5/h7-17,27H,6,18-20H2,1-5H3,(H,31,34). The summed E-state index contributed by atoms with van der Waals surface area (Å²) in [6, 6.07) is 21.2. The summed E-state index contributed by atoms with van der Waals surface area (Å²) in [6.45, 7) is 10.6. The van der Waals surface area contributed by atoms with Crippen LogP contribution in [0.4, 0.5) is 0 Å². The van der Waals surface area contributed by atoms with Gasteiger partial charge in [0.15, 0.2) is 6.61 Å². The van der Waals surface area contributed by atoms with Gasteiger partial charge in [0.05, 0.1) is 0 Å². The van der Waals surface area contributed by atoms with E-state index in [4.69, 9.17) is 4.74 Å². The van der Waals surface area contributed by atoms with Crippen molar-refractivity contribution in [1.29, 1.82) is 0 Å². The predicted molar refractivity (Wildman–Crippen MR) is 140 cm³/mol. The molecule has 2 amide bonds. The Hall–Kier alpha value is -3.60. The molecule has 0 spiro atoms. The van der Waals surface area contributed by atoms with Crippen LogP contribution < -0.4 is 10.1 Å². The fourth-order valence-corrected chi connectivity index (χ4v) is 4.19. The number of rotatable bonds is 10. The number of hydrogen-bond acceptors (Lipinski definition) is 3. The second-order valence-electron chi connectivity index (χ2n) is 9.04. The predicted octanol–water partition coefficient (Wildman–Crippen LogP) is 5.08. The van der Waals surface area contributed by atoms with Crippen LogP contribution in [-0.2, 0) is 22.6 Å². The molecule has 0 aliphatic carbocycles. The SMILES string of the molecule is CCNC(=O)C(Cc1ccccc1)N(Cc1ccccc1C)C(=O)COc1cc(C)cc(C)c1C. The van der Waals surface area contributed by atoms with Gasteiger partial charge in [0, 0.05) is 19.5 Å².